The number of rotatable bonds is 2. The Morgan fingerprint density at radius 3 is 2.53 bits per heavy atom. The minimum Gasteiger partial charge on any atom is -0.394 e. The number of aromatic nitrogens is 2. The van der Waals surface area contributed by atoms with Crippen LogP contribution in [0.1, 0.15) is 31.9 Å². The molecule has 0 saturated carbocycles. The SMILES string of the molecule is CC(C)c1nn(C)c(N2CCCN(C)C(=O)C2)c1N. The van der Waals surface area contributed by atoms with Gasteiger partial charge in [0, 0.05) is 27.2 Å². The van der Waals surface area contributed by atoms with Crippen molar-refractivity contribution >= 4 is 17.4 Å². The Bertz CT molecular complexity index is 480. The molecule has 1 amide bonds. The molecule has 0 unspecified atom stereocenters. The summed E-state index contributed by atoms with van der Waals surface area (Å²) in [6.45, 7) is 6.15. The Morgan fingerprint density at radius 1 is 1.26 bits per heavy atom. The highest BCUT2D eigenvalue weighted by atomic mass is 16.2. The number of hydrogen-bond acceptors (Lipinski definition) is 4. The zero-order chi connectivity index (χ0) is 14.2. The standard InChI is InChI=1S/C13H23N5O/c1-9(2)12-11(14)13(17(4)15-12)18-7-5-6-16(3)10(19)8-18/h9H,5-8,14H2,1-4H3. The van der Waals surface area contributed by atoms with Crippen LogP contribution in [0.15, 0.2) is 0 Å². The molecule has 1 aromatic heterocycles. The lowest BCUT2D eigenvalue weighted by Crippen LogP contribution is -2.35. The van der Waals surface area contributed by atoms with E-state index in [1.165, 1.54) is 0 Å². The number of likely N-dealkylation sites (N-methyl/N-ethyl adjacent to an activating group) is 1. The van der Waals surface area contributed by atoms with Crippen molar-refractivity contribution in [3.05, 3.63) is 5.69 Å². The smallest absolute Gasteiger partial charge is 0.241 e. The normalized spacial score (nSPS) is 17.2. The van der Waals surface area contributed by atoms with Crippen LogP contribution < -0.4 is 10.6 Å². The van der Waals surface area contributed by atoms with Crippen LogP contribution in [0.25, 0.3) is 0 Å². The predicted octanol–water partition coefficient (Wildman–Crippen LogP) is 0.794. The van der Waals surface area contributed by atoms with E-state index in [1.54, 1.807) is 9.58 Å². The molecule has 6 nitrogen and oxygen atoms in total. The maximum atomic E-state index is 12.0. The molecule has 1 fully saturated rings. The van der Waals surface area contributed by atoms with E-state index < -0.39 is 0 Å². The molecule has 2 rings (SSSR count). The predicted molar refractivity (Wildman–Crippen MR) is 76.2 cm³/mol. The maximum Gasteiger partial charge on any atom is 0.241 e. The van der Waals surface area contributed by atoms with Gasteiger partial charge in [0.05, 0.1) is 17.9 Å². The van der Waals surface area contributed by atoms with Crippen LogP contribution in [0.2, 0.25) is 0 Å². The first-order valence-electron chi connectivity index (χ1n) is 6.73. The van der Waals surface area contributed by atoms with Gasteiger partial charge in [0.15, 0.2) is 5.82 Å². The second-order valence-electron chi connectivity index (χ2n) is 5.49. The van der Waals surface area contributed by atoms with E-state index in [0.717, 1.165) is 31.0 Å². The molecule has 0 aromatic carbocycles. The van der Waals surface area contributed by atoms with Crippen LogP contribution in [-0.4, -0.2) is 47.3 Å². The van der Waals surface area contributed by atoms with Crippen molar-refractivity contribution in [2.24, 2.45) is 7.05 Å². The van der Waals surface area contributed by atoms with Gasteiger partial charge in [0.2, 0.25) is 5.91 Å². The molecule has 0 spiro atoms. The second kappa shape index (κ2) is 5.11. The van der Waals surface area contributed by atoms with Crippen LogP contribution in [-0.2, 0) is 11.8 Å². The number of nitrogen functional groups attached to an aromatic ring is 1. The quantitative estimate of drug-likeness (QED) is 0.858. The fourth-order valence-corrected chi connectivity index (χ4v) is 2.52. The average molecular weight is 265 g/mol. The first kappa shape index (κ1) is 13.7. The number of amides is 1. The fraction of sp³-hybridized carbons (Fsp3) is 0.692. The summed E-state index contributed by atoms with van der Waals surface area (Å²) in [7, 11) is 3.73. The van der Waals surface area contributed by atoms with Crippen molar-refractivity contribution in [1.29, 1.82) is 0 Å². The number of carbonyl (C=O) groups is 1. The van der Waals surface area contributed by atoms with Gasteiger partial charge in [-0.15, -0.1) is 0 Å². The molecule has 1 aliphatic rings. The zero-order valence-electron chi connectivity index (χ0n) is 12.2. The molecule has 1 aliphatic heterocycles. The summed E-state index contributed by atoms with van der Waals surface area (Å²) in [4.78, 5) is 15.8. The summed E-state index contributed by atoms with van der Waals surface area (Å²) < 4.78 is 1.79. The molecule has 19 heavy (non-hydrogen) atoms. The van der Waals surface area contributed by atoms with E-state index in [9.17, 15) is 4.79 Å². The first-order chi connectivity index (χ1) is 8.91. The van der Waals surface area contributed by atoms with Gasteiger partial charge in [0.1, 0.15) is 0 Å². The number of nitrogens with two attached hydrogens (primary N) is 1. The summed E-state index contributed by atoms with van der Waals surface area (Å²) in [5.74, 6) is 1.28. The lowest BCUT2D eigenvalue weighted by Gasteiger charge is -2.22. The summed E-state index contributed by atoms with van der Waals surface area (Å²) in [6.07, 6.45) is 0.948. The van der Waals surface area contributed by atoms with E-state index in [0.29, 0.717) is 12.2 Å². The van der Waals surface area contributed by atoms with E-state index in [2.05, 4.69) is 18.9 Å². The number of aryl methyl sites for hydroxylation is 1. The fourth-order valence-electron chi connectivity index (χ4n) is 2.52. The van der Waals surface area contributed by atoms with Gasteiger partial charge in [0.25, 0.3) is 0 Å². The van der Waals surface area contributed by atoms with E-state index >= 15 is 0 Å². The summed E-state index contributed by atoms with van der Waals surface area (Å²) >= 11 is 0. The van der Waals surface area contributed by atoms with Crippen molar-refractivity contribution in [1.82, 2.24) is 14.7 Å². The third kappa shape index (κ3) is 2.52. The topological polar surface area (TPSA) is 67.4 Å². The molecule has 106 valence electrons. The molecule has 0 bridgehead atoms. The number of hydrogen-bond donors (Lipinski definition) is 1. The average Bonchev–Trinajstić information content (AvgIpc) is 2.53. The second-order valence-corrected chi connectivity index (χ2v) is 5.49. The minimum absolute atomic E-state index is 0.129. The van der Waals surface area contributed by atoms with Gasteiger partial charge in [-0.25, -0.2) is 0 Å². The highest BCUT2D eigenvalue weighted by molar-refractivity contribution is 5.83. The molecule has 0 aliphatic carbocycles. The van der Waals surface area contributed by atoms with Crippen molar-refractivity contribution in [3.63, 3.8) is 0 Å². The van der Waals surface area contributed by atoms with Gasteiger partial charge < -0.3 is 15.5 Å². The van der Waals surface area contributed by atoms with E-state index in [4.69, 9.17) is 5.73 Å². The van der Waals surface area contributed by atoms with Crippen molar-refractivity contribution < 1.29 is 4.79 Å². The summed E-state index contributed by atoms with van der Waals surface area (Å²) in [6, 6.07) is 0. The first-order valence-corrected chi connectivity index (χ1v) is 6.73. The Balaban J connectivity index is 2.33. The largest absolute Gasteiger partial charge is 0.394 e. The number of nitrogens with zero attached hydrogens (tertiary/aromatic N) is 4. The van der Waals surface area contributed by atoms with Crippen molar-refractivity contribution in [2.75, 3.05) is 37.3 Å². The van der Waals surface area contributed by atoms with Crippen LogP contribution in [0.5, 0.6) is 0 Å². The Labute approximate surface area is 114 Å². The van der Waals surface area contributed by atoms with Crippen LogP contribution in [0.4, 0.5) is 11.5 Å². The molecule has 2 N–H and O–H groups in total. The van der Waals surface area contributed by atoms with Gasteiger partial charge >= 0.3 is 0 Å². The molecule has 1 aromatic rings. The zero-order valence-corrected chi connectivity index (χ0v) is 12.2. The summed E-state index contributed by atoms with van der Waals surface area (Å²) in [5.41, 5.74) is 7.83. The maximum absolute atomic E-state index is 12.0. The highest BCUT2D eigenvalue weighted by Crippen LogP contribution is 2.31. The molecule has 6 heteroatoms. The van der Waals surface area contributed by atoms with Gasteiger partial charge in [-0.05, 0) is 12.3 Å². The molecular formula is C13H23N5O. The minimum atomic E-state index is 0.129. The lowest BCUT2D eigenvalue weighted by molar-refractivity contribution is -0.127. The third-order valence-corrected chi connectivity index (χ3v) is 3.60. The molecule has 1 saturated heterocycles. The lowest BCUT2D eigenvalue weighted by atomic mass is 10.1. The third-order valence-electron chi connectivity index (χ3n) is 3.60. The van der Waals surface area contributed by atoms with Crippen LogP contribution >= 0.6 is 0 Å². The van der Waals surface area contributed by atoms with E-state index in [-0.39, 0.29) is 11.8 Å². The molecule has 0 atom stereocenters. The summed E-state index contributed by atoms with van der Waals surface area (Å²) in [5, 5.41) is 4.48. The number of carbonyl (C=O) groups excluding carboxylic acids is 1. The monoisotopic (exact) mass is 265 g/mol. The molecular weight excluding hydrogens is 242 g/mol. The Morgan fingerprint density at radius 2 is 1.95 bits per heavy atom. The van der Waals surface area contributed by atoms with Gasteiger partial charge in [-0.1, -0.05) is 13.8 Å². The van der Waals surface area contributed by atoms with Crippen molar-refractivity contribution in [3.8, 4) is 0 Å². The highest BCUT2D eigenvalue weighted by Gasteiger charge is 2.25. The Kier molecular flexibility index (Phi) is 3.68. The Hall–Kier alpha value is -1.72. The van der Waals surface area contributed by atoms with Crippen LogP contribution in [0.3, 0.4) is 0 Å². The molecule has 2 heterocycles. The number of anilines is 2. The van der Waals surface area contributed by atoms with Crippen LogP contribution in [0, 0.1) is 0 Å². The van der Waals surface area contributed by atoms with E-state index in [1.807, 2.05) is 19.0 Å². The van der Waals surface area contributed by atoms with Crippen molar-refractivity contribution in [2.45, 2.75) is 26.2 Å². The van der Waals surface area contributed by atoms with Gasteiger partial charge in [-0.2, -0.15) is 5.10 Å². The molecule has 0 radical (unpaired) electrons. The van der Waals surface area contributed by atoms with Gasteiger partial charge in [-0.3, -0.25) is 9.48 Å².